The third-order valence-corrected chi connectivity index (χ3v) is 14.3. The Morgan fingerprint density at radius 2 is 1.05 bits per heavy atom. The van der Waals surface area contributed by atoms with Gasteiger partial charge in [-0.2, -0.15) is 0 Å². The van der Waals surface area contributed by atoms with Crippen LogP contribution in [0.5, 0.6) is 0 Å². The van der Waals surface area contributed by atoms with Gasteiger partial charge in [-0.1, -0.05) is 182 Å². The van der Waals surface area contributed by atoms with Crippen molar-refractivity contribution in [1.29, 1.82) is 0 Å². The number of para-hydroxylation sites is 2. The van der Waals surface area contributed by atoms with Gasteiger partial charge >= 0.3 is 0 Å². The summed E-state index contributed by atoms with van der Waals surface area (Å²) in [4.78, 5) is 5.18. The van der Waals surface area contributed by atoms with Crippen LogP contribution < -0.4 is 9.80 Å². The Morgan fingerprint density at radius 1 is 0.446 bits per heavy atom. The van der Waals surface area contributed by atoms with Crippen LogP contribution in [0.3, 0.4) is 0 Å². The molecule has 9 aromatic carbocycles. The van der Waals surface area contributed by atoms with E-state index in [4.69, 9.17) is 0 Å². The monoisotopic (exact) mass is 831 g/mol. The fourth-order valence-electron chi connectivity index (χ4n) is 11.5. The van der Waals surface area contributed by atoms with Crippen LogP contribution in [0.15, 0.2) is 243 Å². The largest absolute Gasteiger partial charge is 0.333 e. The summed E-state index contributed by atoms with van der Waals surface area (Å²) in [5.41, 5.74) is 19.2. The van der Waals surface area contributed by atoms with Crippen molar-refractivity contribution in [2.75, 3.05) is 9.80 Å². The quantitative estimate of drug-likeness (QED) is 0.165. The zero-order chi connectivity index (χ0) is 43.1. The number of anilines is 5. The van der Waals surface area contributed by atoms with Gasteiger partial charge in [0.2, 0.25) is 0 Å². The smallest absolute Gasteiger partial charge is 0.0630 e. The first-order valence-corrected chi connectivity index (χ1v) is 22.8. The van der Waals surface area contributed by atoms with Gasteiger partial charge in [-0.3, -0.25) is 0 Å². The van der Waals surface area contributed by atoms with Crippen LogP contribution >= 0.6 is 0 Å². The molecule has 3 unspecified atom stereocenters. The number of benzene rings is 9. The SMILES string of the molecule is CC1(c2ccccc2)c2ccc3c(c2N(c2ccccc2)c2ccc4c(c21)c1ccccc1n4-c1cccc(-c2ccccc2)c1)C1C=CC=CC1N3c1ccc(-c2ccccc2)cc1. The number of aromatic nitrogens is 1. The molecule has 0 amide bonds. The molecular formula is C62H45N3. The lowest BCUT2D eigenvalue weighted by molar-refractivity contribution is 0.683. The summed E-state index contributed by atoms with van der Waals surface area (Å²) in [7, 11) is 0. The molecule has 2 aliphatic heterocycles. The number of fused-ring (bicyclic) bond motifs is 10. The molecule has 3 heterocycles. The summed E-state index contributed by atoms with van der Waals surface area (Å²) in [5, 5.41) is 2.52. The summed E-state index contributed by atoms with van der Waals surface area (Å²) >= 11 is 0. The average Bonchev–Trinajstić information content (AvgIpc) is 3.91. The van der Waals surface area contributed by atoms with Gasteiger partial charge in [-0.25, -0.2) is 0 Å². The Balaban J connectivity index is 1.10. The highest BCUT2D eigenvalue weighted by Gasteiger charge is 2.49. The second-order valence-electron chi connectivity index (χ2n) is 17.7. The molecule has 10 aromatic rings. The molecule has 1 aliphatic carbocycles. The maximum absolute atomic E-state index is 2.60. The first-order valence-electron chi connectivity index (χ1n) is 22.8. The Bertz CT molecular complexity index is 3500. The van der Waals surface area contributed by atoms with Crippen LogP contribution in [0.1, 0.15) is 35.1 Å². The van der Waals surface area contributed by atoms with E-state index in [1.165, 1.54) is 89.1 Å². The number of hydrogen-bond donors (Lipinski definition) is 0. The molecule has 3 nitrogen and oxygen atoms in total. The summed E-state index contributed by atoms with van der Waals surface area (Å²) in [6, 6.07) is 80.7. The van der Waals surface area contributed by atoms with Crippen LogP contribution in [-0.4, -0.2) is 10.6 Å². The van der Waals surface area contributed by atoms with E-state index in [1.807, 2.05) is 0 Å². The molecule has 1 aromatic heterocycles. The zero-order valence-corrected chi connectivity index (χ0v) is 36.1. The minimum absolute atomic E-state index is 0.123. The van der Waals surface area contributed by atoms with E-state index >= 15 is 0 Å². The van der Waals surface area contributed by atoms with Crippen LogP contribution in [0.2, 0.25) is 0 Å². The molecule has 0 bridgehead atoms. The predicted molar refractivity (Wildman–Crippen MR) is 272 cm³/mol. The summed E-state index contributed by atoms with van der Waals surface area (Å²) in [6.07, 6.45) is 9.30. The first kappa shape index (κ1) is 37.4. The lowest BCUT2D eigenvalue weighted by atomic mass is 9.65. The Labute approximate surface area is 380 Å². The van der Waals surface area contributed by atoms with Gasteiger partial charge in [0.25, 0.3) is 0 Å². The highest BCUT2D eigenvalue weighted by atomic mass is 15.2. The molecule has 0 saturated heterocycles. The highest BCUT2D eigenvalue weighted by molar-refractivity contribution is 6.15. The average molecular weight is 832 g/mol. The molecule has 13 rings (SSSR count). The number of rotatable bonds is 6. The molecule has 0 fully saturated rings. The lowest BCUT2D eigenvalue weighted by Crippen LogP contribution is -2.35. The van der Waals surface area contributed by atoms with Crippen LogP contribution in [-0.2, 0) is 5.41 Å². The molecule has 308 valence electrons. The first-order chi connectivity index (χ1) is 32.2. The summed E-state index contributed by atoms with van der Waals surface area (Å²) in [5.74, 6) is 0.133. The summed E-state index contributed by atoms with van der Waals surface area (Å²) in [6.45, 7) is 2.49. The lowest BCUT2D eigenvalue weighted by Gasteiger charge is -2.46. The molecule has 0 N–H and O–H groups in total. The Hall–Kier alpha value is -8.14. The zero-order valence-electron chi connectivity index (χ0n) is 36.1. The maximum Gasteiger partial charge on any atom is 0.0630 e. The standard InChI is InChI=1S/C62H45N3/c1-62(46-24-10-4-11-25-46)52-37-38-56-59(51-30-15-17-32-54(51)63(56)48-35-33-44(34-36-48)42-19-6-2-7-20-42)61(52)65(47-26-12-5-13-27-47)57-40-39-55-58(60(57)62)50-29-14-16-31-53(50)64(55)49-28-18-23-45(41-49)43-21-8-3-9-22-43/h2-41,51,54H,1H3. The normalized spacial score (nSPS) is 18.1. The molecule has 0 spiro atoms. The van der Waals surface area contributed by atoms with E-state index in [9.17, 15) is 0 Å². The van der Waals surface area contributed by atoms with Gasteiger partial charge in [-0.15, -0.1) is 0 Å². The highest BCUT2D eigenvalue weighted by Crippen LogP contribution is 2.63. The second-order valence-corrected chi connectivity index (χ2v) is 17.7. The van der Waals surface area contributed by atoms with Crippen molar-refractivity contribution in [1.82, 2.24) is 4.57 Å². The van der Waals surface area contributed by atoms with E-state index < -0.39 is 5.41 Å². The molecule has 0 saturated carbocycles. The van der Waals surface area contributed by atoms with Gasteiger partial charge in [-0.05, 0) is 101 Å². The van der Waals surface area contributed by atoms with E-state index in [2.05, 4.69) is 264 Å². The van der Waals surface area contributed by atoms with Gasteiger partial charge in [0.1, 0.15) is 0 Å². The van der Waals surface area contributed by atoms with Crippen molar-refractivity contribution >= 4 is 50.2 Å². The van der Waals surface area contributed by atoms with Crippen molar-refractivity contribution in [3.63, 3.8) is 0 Å². The summed E-state index contributed by atoms with van der Waals surface area (Å²) < 4.78 is 2.48. The van der Waals surface area contributed by atoms with Crippen molar-refractivity contribution in [3.8, 4) is 27.9 Å². The maximum atomic E-state index is 2.60. The van der Waals surface area contributed by atoms with Crippen LogP contribution in [0, 0.1) is 0 Å². The Morgan fingerprint density at radius 3 is 1.80 bits per heavy atom. The fourth-order valence-corrected chi connectivity index (χ4v) is 11.5. The number of allylic oxidation sites excluding steroid dienone is 2. The molecule has 65 heavy (non-hydrogen) atoms. The van der Waals surface area contributed by atoms with Crippen molar-refractivity contribution in [2.24, 2.45) is 0 Å². The van der Waals surface area contributed by atoms with Crippen molar-refractivity contribution in [3.05, 3.63) is 265 Å². The van der Waals surface area contributed by atoms with Crippen molar-refractivity contribution in [2.45, 2.75) is 24.3 Å². The molecule has 3 atom stereocenters. The van der Waals surface area contributed by atoms with Gasteiger partial charge in [0.05, 0.1) is 28.5 Å². The topological polar surface area (TPSA) is 11.4 Å². The molecule has 0 radical (unpaired) electrons. The van der Waals surface area contributed by atoms with E-state index in [-0.39, 0.29) is 12.0 Å². The molecular weight excluding hydrogens is 787 g/mol. The van der Waals surface area contributed by atoms with Gasteiger partial charge < -0.3 is 14.4 Å². The van der Waals surface area contributed by atoms with Gasteiger partial charge in [0.15, 0.2) is 0 Å². The third-order valence-electron chi connectivity index (χ3n) is 14.3. The molecule has 3 aliphatic rings. The number of nitrogens with zero attached hydrogens (tertiary/aromatic N) is 3. The predicted octanol–water partition coefficient (Wildman–Crippen LogP) is 16.0. The van der Waals surface area contributed by atoms with E-state index in [1.54, 1.807) is 0 Å². The minimum Gasteiger partial charge on any atom is -0.333 e. The third kappa shape index (κ3) is 5.62. The van der Waals surface area contributed by atoms with Crippen LogP contribution in [0.25, 0.3) is 49.7 Å². The second kappa shape index (κ2) is 14.7. The Kier molecular flexibility index (Phi) is 8.48. The van der Waals surface area contributed by atoms with Crippen LogP contribution in [0.4, 0.5) is 28.4 Å². The number of hydrogen-bond acceptors (Lipinski definition) is 2. The van der Waals surface area contributed by atoms with Gasteiger partial charge in [0, 0.05) is 56.0 Å². The van der Waals surface area contributed by atoms with E-state index in [0.717, 1.165) is 11.4 Å². The minimum atomic E-state index is -0.541. The molecule has 3 heteroatoms. The van der Waals surface area contributed by atoms with E-state index in [0.29, 0.717) is 0 Å². The van der Waals surface area contributed by atoms with Crippen molar-refractivity contribution < 1.29 is 0 Å². The fraction of sp³-hybridized carbons (Fsp3) is 0.0645.